The van der Waals surface area contributed by atoms with E-state index in [9.17, 15) is 13.2 Å². The molecule has 0 fully saturated rings. The largest absolute Gasteiger partial charge is 0.450 e. The summed E-state index contributed by atoms with van der Waals surface area (Å²) in [4.78, 5) is 11.1. The number of imidazole rings is 2. The van der Waals surface area contributed by atoms with Gasteiger partial charge in [-0.1, -0.05) is 24.3 Å². The van der Waals surface area contributed by atoms with Crippen LogP contribution >= 0.6 is 0 Å². The molecule has 0 radical (unpaired) electrons. The van der Waals surface area contributed by atoms with Gasteiger partial charge in [0.1, 0.15) is 5.69 Å². The van der Waals surface area contributed by atoms with Gasteiger partial charge in [-0.05, 0) is 36.8 Å². The maximum atomic E-state index is 13.5. The molecule has 2 aromatic carbocycles. The van der Waals surface area contributed by atoms with E-state index >= 15 is 0 Å². The Balaban J connectivity index is 1.98. The second kappa shape index (κ2) is 5.47. The number of nitrogens with one attached hydrogen (secondary N) is 1. The first-order valence-electron chi connectivity index (χ1n) is 7.60. The number of hydrogen-bond donors (Lipinski definition) is 1. The number of para-hydroxylation sites is 2. The number of aryl methyl sites for hydroxylation is 1. The number of aromatic nitrogens is 4. The van der Waals surface area contributed by atoms with Crippen LogP contribution in [-0.2, 0) is 6.18 Å². The van der Waals surface area contributed by atoms with Crippen molar-refractivity contribution in [1.29, 1.82) is 0 Å². The highest BCUT2D eigenvalue weighted by atomic mass is 19.4. The molecule has 2 heterocycles. The lowest BCUT2D eigenvalue weighted by molar-refractivity contribution is -0.145. The van der Waals surface area contributed by atoms with Crippen LogP contribution in [0.3, 0.4) is 0 Å². The second-order valence-corrected chi connectivity index (χ2v) is 5.74. The van der Waals surface area contributed by atoms with Gasteiger partial charge in [-0.3, -0.25) is 4.57 Å². The monoisotopic (exact) mass is 342 g/mol. The number of H-pyrrole nitrogens is 1. The normalized spacial score (nSPS) is 12.0. The molecule has 0 saturated heterocycles. The van der Waals surface area contributed by atoms with Crippen LogP contribution in [0.1, 0.15) is 11.4 Å². The first kappa shape index (κ1) is 15.4. The Morgan fingerprint density at radius 3 is 2.56 bits per heavy atom. The molecule has 0 bridgehead atoms. The number of benzene rings is 2. The summed E-state index contributed by atoms with van der Waals surface area (Å²) in [5.74, 6) is -0.640. The van der Waals surface area contributed by atoms with Gasteiger partial charge in [0.15, 0.2) is 5.82 Å². The van der Waals surface area contributed by atoms with Gasteiger partial charge in [0.25, 0.3) is 0 Å². The van der Waals surface area contributed by atoms with E-state index in [2.05, 4.69) is 15.0 Å². The molecule has 7 heteroatoms. The van der Waals surface area contributed by atoms with Crippen molar-refractivity contribution >= 4 is 11.0 Å². The predicted molar refractivity (Wildman–Crippen MR) is 88.4 cm³/mol. The molecule has 25 heavy (non-hydrogen) atoms. The Bertz CT molecular complexity index is 1030. The summed E-state index contributed by atoms with van der Waals surface area (Å²) in [6.07, 6.45) is -3.38. The molecule has 0 unspecified atom stereocenters. The maximum Gasteiger partial charge on any atom is 0.450 e. The van der Waals surface area contributed by atoms with Crippen LogP contribution in [-0.4, -0.2) is 19.5 Å². The fourth-order valence-corrected chi connectivity index (χ4v) is 2.82. The van der Waals surface area contributed by atoms with Crippen molar-refractivity contribution in [3.05, 3.63) is 66.1 Å². The highest BCUT2D eigenvalue weighted by molar-refractivity contribution is 5.78. The minimum atomic E-state index is -4.58. The van der Waals surface area contributed by atoms with Gasteiger partial charge in [0, 0.05) is 5.69 Å². The number of halogens is 3. The average molecular weight is 342 g/mol. The molecule has 2 aromatic heterocycles. The number of rotatable bonds is 2. The highest BCUT2D eigenvalue weighted by Gasteiger charge is 2.38. The van der Waals surface area contributed by atoms with Crippen molar-refractivity contribution < 1.29 is 13.2 Å². The van der Waals surface area contributed by atoms with Crippen LogP contribution in [0.5, 0.6) is 0 Å². The summed E-state index contributed by atoms with van der Waals surface area (Å²) in [6.45, 7) is 1.83. The van der Waals surface area contributed by atoms with E-state index in [1.54, 1.807) is 24.3 Å². The molecular formula is C18H13F3N4. The third-order valence-corrected chi connectivity index (χ3v) is 3.91. The molecule has 0 aliphatic heterocycles. The van der Waals surface area contributed by atoms with E-state index < -0.39 is 12.0 Å². The third-order valence-electron chi connectivity index (χ3n) is 3.91. The summed E-state index contributed by atoms with van der Waals surface area (Å²) in [5.41, 5.74) is 2.94. The first-order chi connectivity index (χ1) is 11.9. The molecule has 0 saturated carbocycles. The summed E-state index contributed by atoms with van der Waals surface area (Å²) in [6, 6.07) is 14.1. The van der Waals surface area contributed by atoms with Crippen LogP contribution in [0.4, 0.5) is 13.2 Å². The van der Waals surface area contributed by atoms with Crippen LogP contribution in [0.15, 0.2) is 54.7 Å². The van der Waals surface area contributed by atoms with Gasteiger partial charge in [0.05, 0.1) is 17.2 Å². The molecule has 4 aromatic rings. The fourth-order valence-electron chi connectivity index (χ4n) is 2.82. The van der Waals surface area contributed by atoms with Gasteiger partial charge in [0.2, 0.25) is 5.82 Å². The molecule has 0 aliphatic rings. The number of nitrogens with zero attached hydrogens (tertiary/aromatic N) is 3. The van der Waals surface area contributed by atoms with E-state index in [4.69, 9.17) is 0 Å². The lowest BCUT2D eigenvalue weighted by Crippen LogP contribution is -2.14. The van der Waals surface area contributed by atoms with E-state index in [1.807, 2.05) is 31.2 Å². The lowest BCUT2D eigenvalue weighted by atomic mass is 10.2. The van der Waals surface area contributed by atoms with Crippen LogP contribution < -0.4 is 0 Å². The molecule has 0 amide bonds. The van der Waals surface area contributed by atoms with Crippen LogP contribution in [0.25, 0.3) is 28.2 Å². The summed E-state index contributed by atoms with van der Waals surface area (Å²) in [5, 5.41) is 0. The fraction of sp³-hybridized carbons (Fsp3) is 0.111. The molecule has 4 rings (SSSR count). The van der Waals surface area contributed by atoms with Crippen molar-refractivity contribution in [1.82, 2.24) is 19.5 Å². The summed E-state index contributed by atoms with van der Waals surface area (Å²) in [7, 11) is 0. The molecule has 1 N–H and O–H groups in total. The molecular weight excluding hydrogens is 329 g/mol. The SMILES string of the molecule is Cc1cccc(-n2c(-c3nc4ccccc4[nH]3)cnc2C(F)(F)F)c1. The van der Waals surface area contributed by atoms with Crippen molar-refractivity contribution in [3.8, 4) is 17.2 Å². The Morgan fingerprint density at radius 1 is 1.04 bits per heavy atom. The van der Waals surface area contributed by atoms with Gasteiger partial charge in [-0.2, -0.15) is 13.2 Å². The first-order valence-corrected chi connectivity index (χ1v) is 7.60. The molecule has 4 nitrogen and oxygen atoms in total. The highest BCUT2D eigenvalue weighted by Crippen LogP contribution is 2.34. The van der Waals surface area contributed by atoms with E-state index in [0.29, 0.717) is 17.0 Å². The number of fused-ring (bicyclic) bond motifs is 1. The minimum absolute atomic E-state index is 0.258. The Morgan fingerprint density at radius 2 is 1.84 bits per heavy atom. The zero-order chi connectivity index (χ0) is 17.6. The second-order valence-electron chi connectivity index (χ2n) is 5.74. The lowest BCUT2D eigenvalue weighted by Gasteiger charge is -2.13. The van der Waals surface area contributed by atoms with Gasteiger partial charge in [-0.25, -0.2) is 9.97 Å². The van der Waals surface area contributed by atoms with Crippen molar-refractivity contribution in [2.75, 3.05) is 0 Å². The molecule has 0 aliphatic carbocycles. The molecule has 0 atom stereocenters. The van der Waals surface area contributed by atoms with E-state index in [1.165, 1.54) is 6.20 Å². The van der Waals surface area contributed by atoms with E-state index in [0.717, 1.165) is 15.6 Å². The average Bonchev–Trinajstić information content (AvgIpc) is 3.18. The number of aromatic amines is 1. The topological polar surface area (TPSA) is 46.5 Å². The third kappa shape index (κ3) is 2.67. The summed E-state index contributed by atoms with van der Waals surface area (Å²) >= 11 is 0. The molecule has 0 spiro atoms. The minimum Gasteiger partial charge on any atom is -0.337 e. The van der Waals surface area contributed by atoms with Crippen molar-refractivity contribution in [2.24, 2.45) is 0 Å². The predicted octanol–water partition coefficient (Wildman–Crippen LogP) is 4.74. The zero-order valence-electron chi connectivity index (χ0n) is 13.2. The Hall–Kier alpha value is -3.09. The smallest absolute Gasteiger partial charge is 0.337 e. The van der Waals surface area contributed by atoms with Gasteiger partial charge >= 0.3 is 6.18 Å². The quantitative estimate of drug-likeness (QED) is 0.572. The zero-order valence-corrected chi connectivity index (χ0v) is 13.2. The standard InChI is InChI=1S/C18H13F3N4/c1-11-5-4-6-12(9-11)25-15(10-22-17(25)18(19,20)21)16-23-13-7-2-3-8-14(13)24-16/h2-10H,1H3,(H,23,24). The van der Waals surface area contributed by atoms with Crippen LogP contribution in [0.2, 0.25) is 0 Å². The van der Waals surface area contributed by atoms with Crippen molar-refractivity contribution in [3.63, 3.8) is 0 Å². The van der Waals surface area contributed by atoms with Crippen molar-refractivity contribution in [2.45, 2.75) is 13.1 Å². The van der Waals surface area contributed by atoms with Crippen LogP contribution in [0, 0.1) is 6.92 Å². The Kier molecular flexibility index (Phi) is 3.38. The Labute approximate surface area is 141 Å². The maximum absolute atomic E-state index is 13.5. The molecule has 126 valence electrons. The number of hydrogen-bond acceptors (Lipinski definition) is 2. The summed E-state index contributed by atoms with van der Waals surface area (Å²) < 4.78 is 41.5. The van der Waals surface area contributed by atoms with E-state index in [-0.39, 0.29) is 5.69 Å². The van der Waals surface area contributed by atoms with Gasteiger partial charge < -0.3 is 4.98 Å². The number of alkyl halides is 3. The van der Waals surface area contributed by atoms with Gasteiger partial charge in [-0.15, -0.1) is 0 Å².